The quantitative estimate of drug-likeness (QED) is 0.630. The van der Waals surface area contributed by atoms with E-state index in [1.54, 1.807) is 24.2 Å². The van der Waals surface area contributed by atoms with Crippen molar-refractivity contribution in [2.24, 2.45) is 0 Å². The first-order valence-electron chi connectivity index (χ1n) is 7.62. The van der Waals surface area contributed by atoms with Crippen LogP contribution >= 0.6 is 22.9 Å². The lowest BCUT2D eigenvalue weighted by atomic mass is 9.93. The summed E-state index contributed by atoms with van der Waals surface area (Å²) in [5.74, 6) is 0.897. The standard InChI is InChI=1S/C15H12BClFN5OS/c16-9-5-8(1-2-10(9)18)15(24)22-3-4-23-12(6-22)20-21-13(23)14-19-11(17)7-25-14/h1-2,5,7H,3-4,6,16H2. The molecule has 0 bridgehead atoms. The summed E-state index contributed by atoms with van der Waals surface area (Å²) in [5.41, 5.74) is 0.924. The molecule has 126 valence electrons. The van der Waals surface area contributed by atoms with Gasteiger partial charge in [0.2, 0.25) is 0 Å². The van der Waals surface area contributed by atoms with E-state index in [9.17, 15) is 9.18 Å². The van der Waals surface area contributed by atoms with E-state index in [4.69, 9.17) is 11.6 Å². The molecule has 6 nitrogen and oxygen atoms in total. The first-order chi connectivity index (χ1) is 12.0. The fourth-order valence-corrected chi connectivity index (χ4v) is 3.74. The van der Waals surface area contributed by atoms with Crippen LogP contribution in [0.4, 0.5) is 4.39 Å². The maximum Gasteiger partial charge on any atom is 0.254 e. The molecule has 0 unspecified atom stereocenters. The molecule has 0 saturated heterocycles. The van der Waals surface area contributed by atoms with Crippen molar-refractivity contribution in [3.8, 4) is 10.8 Å². The number of carbonyl (C=O) groups is 1. The van der Waals surface area contributed by atoms with Crippen LogP contribution in [0.25, 0.3) is 10.8 Å². The van der Waals surface area contributed by atoms with Crippen molar-refractivity contribution >= 4 is 42.2 Å². The molecule has 0 saturated carbocycles. The molecule has 0 radical (unpaired) electrons. The molecule has 0 aliphatic carbocycles. The van der Waals surface area contributed by atoms with Gasteiger partial charge in [-0.05, 0) is 12.1 Å². The molecular weight excluding hydrogens is 364 g/mol. The summed E-state index contributed by atoms with van der Waals surface area (Å²) in [7, 11) is 1.64. The van der Waals surface area contributed by atoms with E-state index in [0.29, 0.717) is 52.5 Å². The van der Waals surface area contributed by atoms with Crippen molar-refractivity contribution in [1.82, 2.24) is 24.6 Å². The molecule has 1 aliphatic heterocycles. The molecule has 10 heteroatoms. The van der Waals surface area contributed by atoms with Crippen LogP contribution in [0.2, 0.25) is 5.15 Å². The Morgan fingerprint density at radius 3 is 2.88 bits per heavy atom. The highest BCUT2D eigenvalue weighted by Gasteiger charge is 2.26. The minimum atomic E-state index is -0.318. The third-order valence-electron chi connectivity index (χ3n) is 4.11. The van der Waals surface area contributed by atoms with Crippen LogP contribution < -0.4 is 5.46 Å². The molecular formula is C15H12BClFN5OS. The Morgan fingerprint density at radius 1 is 1.32 bits per heavy atom. The van der Waals surface area contributed by atoms with Crippen molar-refractivity contribution in [3.05, 3.63) is 45.9 Å². The predicted molar refractivity (Wildman–Crippen MR) is 95.5 cm³/mol. The monoisotopic (exact) mass is 375 g/mol. The van der Waals surface area contributed by atoms with E-state index < -0.39 is 0 Å². The molecule has 0 N–H and O–H groups in total. The number of nitrogens with zero attached hydrogens (tertiary/aromatic N) is 5. The number of fused-ring (bicyclic) bond motifs is 1. The SMILES string of the molecule is Bc1cc(C(=O)N2CCn3c(nnc3-c3nc(Cl)cs3)C2)ccc1F. The number of aromatic nitrogens is 4. The number of thiazole rings is 1. The van der Waals surface area contributed by atoms with Crippen molar-refractivity contribution in [2.75, 3.05) is 6.54 Å². The zero-order chi connectivity index (χ0) is 17.6. The van der Waals surface area contributed by atoms with Gasteiger partial charge >= 0.3 is 0 Å². The Kier molecular flexibility index (Phi) is 4.05. The third kappa shape index (κ3) is 2.93. The van der Waals surface area contributed by atoms with E-state index in [2.05, 4.69) is 15.2 Å². The summed E-state index contributed by atoms with van der Waals surface area (Å²) < 4.78 is 15.4. The average Bonchev–Trinajstić information content (AvgIpc) is 3.22. The van der Waals surface area contributed by atoms with Crippen LogP contribution in [0.5, 0.6) is 0 Å². The van der Waals surface area contributed by atoms with Gasteiger partial charge < -0.3 is 9.47 Å². The second-order valence-corrected chi connectivity index (χ2v) is 7.00. The maximum atomic E-state index is 13.4. The normalized spacial score (nSPS) is 13.8. The minimum absolute atomic E-state index is 0.142. The first kappa shape index (κ1) is 16.2. The van der Waals surface area contributed by atoms with Crippen LogP contribution in [-0.2, 0) is 13.1 Å². The van der Waals surface area contributed by atoms with E-state index in [1.165, 1.54) is 23.5 Å². The molecule has 0 spiro atoms. The zero-order valence-corrected chi connectivity index (χ0v) is 14.8. The summed E-state index contributed by atoms with van der Waals surface area (Å²) in [6.07, 6.45) is 0. The smallest absolute Gasteiger partial charge is 0.254 e. The van der Waals surface area contributed by atoms with Crippen LogP contribution in [0.15, 0.2) is 23.6 Å². The molecule has 1 aliphatic rings. The lowest BCUT2D eigenvalue weighted by Gasteiger charge is -2.27. The highest BCUT2D eigenvalue weighted by Crippen LogP contribution is 2.26. The molecule has 2 aromatic heterocycles. The summed E-state index contributed by atoms with van der Waals surface area (Å²) in [6.45, 7) is 1.44. The number of amides is 1. The Morgan fingerprint density at radius 2 is 2.16 bits per heavy atom. The highest BCUT2D eigenvalue weighted by atomic mass is 35.5. The molecule has 1 aromatic carbocycles. The first-order valence-corrected chi connectivity index (χ1v) is 8.87. The Hall–Kier alpha value is -2.26. The molecule has 25 heavy (non-hydrogen) atoms. The molecule has 0 fully saturated rings. The number of hydrogen-bond donors (Lipinski definition) is 0. The van der Waals surface area contributed by atoms with E-state index in [0.717, 1.165) is 0 Å². The number of carbonyl (C=O) groups excluding carboxylic acids is 1. The lowest BCUT2D eigenvalue weighted by molar-refractivity contribution is 0.0708. The van der Waals surface area contributed by atoms with E-state index in [-0.39, 0.29) is 11.7 Å². The average molecular weight is 376 g/mol. The van der Waals surface area contributed by atoms with Gasteiger partial charge in [-0.15, -0.1) is 21.5 Å². The fourth-order valence-electron chi connectivity index (χ4n) is 2.81. The molecule has 4 rings (SSSR count). The topological polar surface area (TPSA) is 63.9 Å². The Labute approximate surface area is 152 Å². The van der Waals surface area contributed by atoms with E-state index in [1.807, 2.05) is 4.57 Å². The number of halogens is 2. The molecule has 3 aromatic rings. The van der Waals surface area contributed by atoms with Crippen LogP contribution in [0, 0.1) is 5.82 Å². The number of benzene rings is 1. The minimum Gasteiger partial charge on any atom is -0.329 e. The van der Waals surface area contributed by atoms with Crippen LogP contribution in [0.3, 0.4) is 0 Å². The summed E-state index contributed by atoms with van der Waals surface area (Å²) >= 11 is 7.28. The second-order valence-electron chi connectivity index (χ2n) is 5.76. The van der Waals surface area contributed by atoms with Crippen molar-refractivity contribution in [3.63, 3.8) is 0 Å². The third-order valence-corrected chi connectivity index (χ3v) is 5.27. The Bertz CT molecular complexity index is 975. The van der Waals surface area contributed by atoms with Gasteiger partial charge in [0.15, 0.2) is 16.7 Å². The second kappa shape index (κ2) is 6.23. The van der Waals surface area contributed by atoms with Gasteiger partial charge in [0.05, 0.1) is 6.54 Å². The van der Waals surface area contributed by atoms with Gasteiger partial charge in [-0.25, -0.2) is 9.37 Å². The summed E-state index contributed by atoms with van der Waals surface area (Å²) in [5, 5.41) is 11.2. The van der Waals surface area contributed by atoms with Gasteiger partial charge in [0.25, 0.3) is 5.91 Å². The summed E-state index contributed by atoms with van der Waals surface area (Å²) in [6, 6.07) is 4.40. The zero-order valence-electron chi connectivity index (χ0n) is 13.2. The fraction of sp³-hybridized carbons (Fsp3) is 0.200. The van der Waals surface area contributed by atoms with Gasteiger partial charge in [0, 0.05) is 24.0 Å². The largest absolute Gasteiger partial charge is 0.329 e. The number of rotatable bonds is 2. The van der Waals surface area contributed by atoms with Gasteiger partial charge in [-0.3, -0.25) is 4.79 Å². The van der Waals surface area contributed by atoms with Crippen LogP contribution in [0.1, 0.15) is 16.2 Å². The maximum absolute atomic E-state index is 13.4. The van der Waals surface area contributed by atoms with Crippen molar-refractivity contribution in [2.45, 2.75) is 13.1 Å². The molecule has 3 heterocycles. The highest BCUT2D eigenvalue weighted by molar-refractivity contribution is 7.13. The van der Waals surface area contributed by atoms with Gasteiger partial charge in [-0.1, -0.05) is 23.1 Å². The molecule has 1 amide bonds. The van der Waals surface area contributed by atoms with Gasteiger partial charge in [-0.2, -0.15) is 0 Å². The van der Waals surface area contributed by atoms with E-state index >= 15 is 0 Å². The predicted octanol–water partition coefficient (Wildman–Crippen LogP) is 1.11. The summed E-state index contributed by atoms with van der Waals surface area (Å²) in [4.78, 5) is 18.6. The molecule has 0 atom stereocenters. The van der Waals surface area contributed by atoms with Crippen molar-refractivity contribution < 1.29 is 9.18 Å². The lowest BCUT2D eigenvalue weighted by Crippen LogP contribution is -2.38. The van der Waals surface area contributed by atoms with Gasteiger partial charge in [0.1, 0.15) is 18.8 Å². The Balaban J connectivity index is 1.58. The van der Waals surface area contributed by atoms with Crippen molar-refractivity contribution in [1.29, 1.82) is 0 Å². The number of hydrogen-bond acceptors (Lipinski definition) is 5. The van der Waals surface area contributed by atoms with Crippen LogP contribution in [-0.4, -0.2) is 44.9 Å².